The van der Waals surface area contributed by atoms with Crippen molar-refractivity contribution in [2.24, 2.45) is 5.73 Å². The second-order valence-electron chi connectivity index (χ2n) is 3.88. The third-order valence-electron chi connectivity index (χ3n) is 1.84. The summed E-state index contributed by atoms with van der Waals surface area (Å²) in [7, 11) is -3.54. The molecule has 0 saturated heterocycles. The Morgan fingerprint density at radius 1 is 1.50 bits per heavy atom. The van der Waals surface area contributed by atoms with Gasteiger partial charge in [0, 0.05) is 12.1 Å². The minimum Gasteiger partial charge on any atom is -0.329 e. The van der Waals surface area contributed by atoms with Gasteiger partial charge >= 0.3 is 0 Å². The molecule has 0 aliphatic heterocycles. The van der Waals surface area contributed by atoms with Crippen LogP contribution in [0.15, 0.2) is 18.5 Å². The molecule has 0 radical (unpaired) electrons. The lowest BCUT2D eigenvalue weighted by Gasteiger charge is -2.23. The van der Waals surface area contributed by atoms with Crippen LogP contribution in [0.1, 0.15) is 13.8 Å². The number of hydrogen-bond donors (Lipinski definition) is 2. The van der Waals surface area contributed by atoms with Crippen molar-refractivity contribution in [3.63, 3.8) is 0 Å². The highest BCUT2D eigenvalue weighted by Gasteiger charge is 2.27. The van der Waals surface area contributed by atoms with Crippen LogP contribution < -0.4 is 10.5 Å². The van der Waals surface area contributed by atoms with Crippen molar-refractivity contribution in [2.75, 3.05) is 6.54 Å². The topological polar surface area (TPSA) is 72.2 Å². The highest BCUT2D eigenvalue weighted by molar-refractivity contribution is 9.12. The van der Waals surface area contributed by atoms with Crippen LogP contribution in [0.4, 0.5) is 0 Å². The van der Waals surface area contributed by atoms with Crippen molar-refractivity contribution < 1.29 is 8.42 Å². The number of rotatable bonds is 4. The van der Waals surface area contributed by atoms with Crippen LogP contribution in [-0.2, 0) is 10.0 Å². The first-order valence-corrected chi connectivity index (χ1v) is 8.25. The van der Waals surface area contributed by atoms with Crippen molar-refractivity contribution in [3.05, 3.63) is 13.6 Å². The molecular weight excluding hydrogens is 380 g/mol. The quantitative estimate of drug-likeness (QED) is 0.826. The number of sulfonamides is 1. The summed E-state index contributed by atoms with van der Waals surface area (Å²) in [6, 6.07) is 1.56. The third-order valence-corrected chi connectivity index (χ3v) is 6.29. The molecule has 0 aliphatic carbocycles. The summed E-state index contributed by atoms with van der Waals surface area (Å²) < 4.78 is 27.9. The third kappa shape index (κ3) is 3.51. The molecule has 0 amide bonds. The van der Waals surface area contributed by atoms with Crippen LogP contribution in [-0.4, -0.2) is 20.5 Å². The number of thiophene rings is 1. The van der Waals surface area contributed by atoms with Gasteiger partial charge in [-0.2, -0.15) is 0 Å². The molecule has 1 heterocycles. The molecule has 0 aliphatic rings. The van der Waals surface area contributed by atoms with E-state index in [0.717, 1.165) is 3.79 Å². The Morgan fingerprint density at radius 3 is 2.44 bits per heavy atom. The Hall–Kier alpha value is 0.530. The van der Waals surface area contributed by atoms with Gasteiger partial charge in [0.1, 0.15) is 4.90 Å². The Balaban J connectivity index is 3.09. The van der Waals surface area contributed by atoms with Crippen molar-refractivity contribution in [1.82, 2.24) is 4.72 Å². The van der Waals surface area contributed by atoms with Gasteiger partial charge in [0.2, 0.25) is 10.0 Å². The van der Waals surface area contributed by atoms with Gasteiger partial charge in [-0.25, -0.2) is 13.1 Å². The van der Waals surface area contributed by atoms with Gasteiger partial charge in [-0.15, -0.1) is 11.3 Å². The molecule has 3 N–H and O–H groups in total. The molecule has 1 aromatic heterocycles. The van der Waals surface area contributed by atoms with Crippen molar-refractivity contribution in [2.45, 2.75) is 24.3 Å². The highest BCUT2D eigenvalue weighted by atomic mass is 79.9. The van der Waals surface area contributed by atoms with E-state index >= 15 is 0 Å². The SMILES string of the molecule is CC(C)(CN)NS(=O)(=O)c1cc(Br)sc1Br. The Morgan fingerprint density at radius 2 is 2.06 bits per heavy atom. The summed E-state index contributed by atoms with van der Waals surface area (Å²) in [5.74, 6) is 0. The molecule has 1 aromatic rings. The van der Waals surface area contributed by atoms with E-state index in [9.17, 15) is 8.42 Å². The van der Waals surface area contributed by atoms with E-state index in [0.29, 0.717) is 3.79 Å². The number of nitrogens with one attached hydrogen (secondary N) is 1. The van der Waals surface area contributed by atoms with E-state index in [2.05, 4.69) is 36.6 Å². The molecule has 92 valence electrons. The molecule has 1 rings (SSSR count). The van der Waals surface area contributed by atoms with Gasteiger partial charge in [0.05, 0.1) is 7.57 Å². The lowest BCUT2D eigenvalue weighted by Crippen LogP contribution is -2.48. The van der Waals surface area contributed by atoms with Gasteiger partial charge in [-0.3, -0.25) is 0 Å². The summed E-state index contributed by atoms with van der Waals surface area (Å²) in [5.41, 5.74) is 4.83. The lowest BCUT2D eigenvalue weighted by atomic mass is 10.1. The van der Waals surface area contributed by atoms with E-state index in [1.54, 1.807) is 19.9 Å². The van der Waals surface area contributed by atoms with E-state index in [1.165, 1.54) is 11.3 Å². The maximum Gasteiger partial charge on any atom is 0.243 e. The molecule has 16 heavy (non-hydrogen) atoms. The number of nitrogens with two attached hydrogens (primary N) is 1. The van der Waals surface area contributed by atoms with Gasteiger partial charge in [-0.1, -0.05) is 0 Å². The second-order valence-corrected chi connectivity index (χ2v) is 9.28. The summed E-state index contributed by atoms with van der Waals surface area (Å²) in [6.45, 7) is 3.70. The molecule has 0 unspecified atom stereocenters. The lowest BCUT2D eigenvalue weighted by molar-refractivity contribution is 0.462. The maximum atomic E-state index is 12.0. The predicted molar refractivity (Wildman–Crippen MR) is 73.2 cm³/mol. The minimum atomic E-state index is -3.54. The van der Waals surface area contributed by atoms with Crippen LogP contribution in [0.25, 0.3) is 0 Å². The average Bonchev–Trinajstić information content (AvgIpc) is 2.44. The first kappa shape index (κ1) is 14.6. The van der Waals surface area contributed by atoms with Crippen LogP contribution in [0.5, 0.6) is 0 Å². The molecule has 0 bridgehead atoms. The molecule has 0 atom stereocenters. The predicted octanol–water partition coefficient (Wildman–Crippen LogP) is 2.29. The minimum absolute atomic E-state index is 0.228. The van der Waals surface area contributed by atoms with Crippen molar-refractivity contribution >= 4 is 53.2 Å². The van der Waals surface area contributed by atoms with E-state index in [4.69, 9.17) is 5.73 Å². The molecule has 4 nitrogen and oxygen atoms in total. The normalized spacial score (nSPS) is 13.1. The van der Waals surface area contributed by atoms with Gasteiger partial charge in [0.15, 0.2) is 0 Å². The Labute approximate surface area is 116 Å². The van der Waals surface area contributed by atoms with Crippen LogP contribution in [0, 0.1) is 0 Å². The Bertz CT molecular complexity index is 482. The van der Waals surface area contributed by atoms with Crippen molar-refractivity contribution in [3.8, 4) is 0 Å². The number of halogens is 2. The molecule has 0 saturated carbocycles. The monoisotopic (exact) mass is 390 g/mol. The van der Waals surface area contributed by atoms with Gasteiger partial charge < -0.3 is 5.73 Å². The van der Waals surface area contributed by atoms with Crippen LogP contribution in [0.3, 0.4) is 0 Å². The van der Waals surface area contributed by atoms with Gasteiger partial charge in [-0.05, 0) is 51.8 Å². The van der Waals surface area contributed by atoms with Gasteiger partial charge in [0.25, 0.3) is 0 Å². The van der Waals surface area contributed by atoms with E-state index in [-0.39, 0.29) is 11.4 Å². The van der Waals surface area contributed by atoms with Crippen LogP contribution in [0.2, 0.25) is 0 Å². The van der Waals surface area contributed by atoms with E-state index < -0.39 is 15.6 Å². The maximum absolute atomic E-state index is 12.0. The summed E-state index contributed by atoms with van der Waals surface area (Å²) >= 11 is 7.78. The Kier molecular flexibility index (Phi) is 4.59. The van der Waals surface area contributed by atoms with Crippen LogP contribution >= 0.6 is 43.2 Å². The van der Waals surface area contributed by atoms with E-state index in [1.807, 2.05) is 0 Å². The molecule has 0 aromatic carbocycles. The van der Waals surface area contributed by atoms with Crippen molar-refractivity contribution in [1.29, 1.82) is 0 Å². The number of hydrogen-bond acceptors (Lipinski definition) is 4. The summed E-state index contributed by atoms with van der Waals surface area (Å²) in [5, 5.41) is 0. The smallest absolute Gasteiger partial charge is 0.243 e. The molecule has 8 heteroatoms. The molecule has 0 fully saturated rings. The highest BCUT2D eigenvalue weighted by Crippen LogP contribution is 2.35. The second kappa shape index (κ2) is 5.03. The standard InChI is InChI=1S/C8H12Br2N2O2S2/c1-8(2,4-11)12-16(13,14)5-3-6(9)15-7(5)10/h3,12H,4,11H2,1-2H3. The first-order chi connectivity index (χ1) is 7.18. The zero-order valence-electron chi connectivity index (χ0n) is 8.75. The molecule has 0 spiro atoms. The summed E-state index contributed by atoms with van der Waals surface area (Å²) in [6.07, 6.45) is 0. The largest absolute Gasteiger partial charge is 0.329 e. The average molecular weight is 392 g/mol. The first-order valence-electron chi connectivity index (χ1n) is 4.37. The summed E-state index contributed by atoms with van der Waals surface area (Å²) in [4.78, 5) is 0.228. The zero-order valence-corrected chi connectivity index (χ0v) is 13.6. The fourth-order valence-electron chi connectivity index (χ4n) is 0.969. The fourth-order valence-corrected chi connectivity index (χ4v) is 6.20. The zero-order chi connectivity index (χ0) is 12.6. The fraction of sp³-hybridized carbons (Fsp3) is 0.500. The molecular formula is C8H12Br2N2O2S2.